The lowest BCUT2D eigenvalue weighted by molar-refractivity contribution is -0.00545. The van der Waals surface area contributed by atoms with E-state index in [2.05, 4.69) is 53.4 Å². The van der Waals surface area contributed by atoms with Crippen LogP contribution in [0.2, 0.25) is 0 Å². The highest BCUT2D eigenvalue weighted by atomic mass is 127. The zero-order valence-corrected chi connectivity index (χ0v) is 21.9. The number of hydrogen-bond acceptors (Lipinski definition) is 5. The van der Waals surface area contributed by atoms with Crippen molar-refractivity contribution >= 4 is 35.8 Å². The van der Waals surface area contributed by atoms with Crippen LogP contribution in [-0.4, -0.2) is 63.0 Å². The lowest BCUT2D eigenvalue weighted by Crippen LogP contribution is -2.47. The molecule has 2 fully saturated rings. The molecule has 176 valence electrons. The number of pyridine rings is 1. The van der Waals surface area contributed by atoms with E-state index >= 15 is 0 Å². The zero-order chi connectivity index (χ0) is 21.4. The van der Waals surface area contributed by atoms with E-state index in [0.717, 1.165) is 56.5 Å². The number of halogens is 1. The van der Waals surface area contributed by atoms with Crippen molar-refractivity contribution in [3.05, 3.63) is 23.9 Å². The minimum absolute atomic E-state index is 0. The third-order valence-electron chi connectivity index (χ3n) is 6.20. The molecule has 8 heteroatoms. The number of guanidine groups is 1. The molecule has 3 rings (SSSR count). The van der Waals surface area contributed by atoms with Crippen LogP contribution in [0, 0.1) is 5.41 Å². The number of nitrogens with zero attached hydrogens (tertiary/aromatic N) is 3. The molecule has 2 unspecified atom stereocenters. The number of anilines is 1. The molecule has 2 N–H and O–H groups in total. The number of rotatable bonds is 9. The highest BCUT2D eigenvalue weighted by molar-refractivity contribution is 14.0. The van der Waals surface area contributed by atoms with Gasteiger partial charge in [-0.2, -0.15) is 0 Å². The molecule has 1 saturated heterocycles. The summed E-state index contributed by atoms with van der Waals surface area (Å²) in [5, 5.41) is 6.92. The number of hydrogen-bond donors (Lipinski definition) is 2. The topological polar surface area (TPSA) is 71.0 Å². The van der Waals surface area contributed by atoms with Crippen LogP contribution in [-0.2, 0) is 16.0 Å². The lowest BCUT2D eigenvalue weighted by atomic mass is 9.67. The first-order valence-corrected chi connectivity index (χ1v) is 11.4. The fraction of sp³-hybridized carbons (Fsp3) is 0.739. The van der Waals surface area contributed by atoms with E-state index in [9.17, 15) is 0 Å². The molecule has 1 saturated carbocycles. The quantitative estimate of drug-likeness (QED) is 0.281. The van der Waals surface area contributed by atoms with Gasteiger partial charge in [0.15, 0.2) is 5.96 Å². The van der Waals surface area contributed by atoms with Gasteiger partial charge in [-0.3, -0.25) is 0 Å². The molecular formula is C23H40IN5O2. The molecular weight excluding hydrogens is 505 g/mol. The zero-order valence-electron chi connectivity index (χ0n) is 19.5. The van der Waals surface area contributed by atoms with Crippen LogP contribution in [0.1, 0.15) is 52.0 Å². The molecule has 1 aromatic rings. The Morgan fingerprint density at radius 3 is 2.55 bits per heavy atom. The van der Waals surface area contributed by atoms with E-state index in [1.54, 1.807) is 7.11 Å². The molecule has 0 bridgehead atoms. The second-order valence-corrected chi connectivity index (χ2v) is 8.83. The second-order valence-electron chi connectivity index (χ2n) is 8.83. The van der Waals surface area contributed by atoms with E-state index in [0.29, 0.717) is 12.0 Å². The van der Waals surface area contributed by atoms with E-state index in [1.807, 2.05) is 6.20 Å². The predicted molar refractivity (Wildman–Crippen MR) is 137 cm³/mol. The molecule has 2 heterocycles. The summed E-state index contributed by atoms with van der Waals surface area (Å²) in [7, 11) is 1.78. The van der Waals surface area contributed by atoms with Crippen molar-refractivity contribution in [3.63, 3.8) is 0 Å². The van der Waals surface area contributed by atoms with Crippen LogP contribution >= 0.6 is 24.0 Å². The summed E-state index contributed by atoms with van der Waals surface area (Å²) in [6, 6.07) is 4.23. The molecule has 1 aliphatic heterocycles. The van der Waals surface area contributed by atoms with Crippen LogP contribution in [0.5, 0.6) is 0 Å². The van der Waals surface area contributed by atoms with Crippen molar-refractivity contribution in [1.29, 1.82) is 0 Å². The number of methoxy groups -OCH3 is 1. The third kappa shape index (κ3) is 7.75. The first kappa shape index (κ1) is 26.1. The SMILES string of the molecule is CCNC(=NCc1ccc(N2CC(C)OC(C)C2)nc1)NCC1(CCOC)CCC1.I. The van der Waals surface area contributed by atoms with E-state index in [1.165, 1.54) is 19.3 Å². The van der Waals surface area contributed by atoms with Gasteiger partial charge in [-0.15, -0.1) is 24.0 Å². The highest BCUT2D eigenvalue weighted by Crippen LogP contribution is 2.43. The van der Waals surface area contributed by atoms with Crippen molar-refractivity contribution < 1.29 is 9.47 Å². The fourth-order valence-electron chi connectivity index (χ4n) is 4.36. The summed E-state index contributed by atoms with van der Waals surface area (Å²) >= 11 is 0. The minimum Gasteiger partial charge on any atom is -0.385 e. The Labute approximate surface area is 204 Å². The standard InChI is InChI=1S/C23H39N5O2.HI/c1-5-24-22(27-17-23(9-6-10-23)11-12-29-4)26-14-20-7-8-21(25-13-20)28-15-18(2)30-19(3)16-28;/h7-8,13,18-19H,5-6,9-12,14-17H2,1-4H3,(H2,24,26,27);1H. The average molecular weight is 546 g/mol. The van der Waals surface area contributed by atoms with Crippen LogP contribution in [0.25, 0.3) is 0 Å². The molecule has 2 atom stereocenters. The predicted octanol–water partition coefficient (Wildman–Crippen LogP) is 3.58. The number of aromatic nitrogens is 1. The molecule has 31 heavy (non-hydrogen) atoms. The lowest BCUT2D eigenvalue weighted by Gasteiger charge is -2.42. The van der Waals surface area contributed by atoms with Crippen molar-refractivity contribution in [3.8, 4) is 0 Å². The van der Waals surface area contributed by atoms with Crippen LogP contribution in [0.3, 0.4) is 0 Å². The Balaban J connectivity index is 0.00000341. The van der Waals surface area contributed by atoms with Crippen LogP contribution < -0.4 is 15.5 Å². The number of aliphatic imine (C=N–C) groups is 1. The van der Waals surface area contributed by atoms with Gasteiger partial charge in [0.25, 0.3) is 0 Å². The monoisotopic (exact) mass is 545 g/mol. The summed E-state index contributed by atoms with van der Waals surface area (Å²) in [5.41, 5.74) is 1.48. The molecule has 7 nitrogen and oxygen atoms in total. The summed E-state index contributed by atoms with van der Waals surface area (Å²) in [6.45, 7) is 11.3. The van der Waals surface area contributed by atoms with Gasteiger partial charge in [-0.25, -0.2) is 9.98 Å². The molecule has 0 radical (unpaired) electrons. The molecule has 1 aromatic heterocycles. The first-order valence-electron chi connectivity index (χ1n) is 11.4. The number of nitrogens with one attached hydrogen (secondary N) is 2. The van der Waals surface area contributed by atoms with Gasteiger partial charge in [-0.1, -0.05) is 12.5 Å². The largest absolute Gasteiger partial charge is 0.385 e. The summed E-state index contributed by atoms with van der Waals surface area (Å²) < 4.78 is 11.1. The second kappa shape index (κ2) is 12.8. The van der Waals surface area contributed by atoms with Gasteiger partial charge < -0.3 is 25.0 Å². The molecule has 0 amide bonds. The molecule has 0 aromatic carbocycles. The minimum atomic E-state index is 0. The van der Waals surface area contributed by atoms with Crippen molar-refractivity contribution in [1.82, 2.24) is 15.6 Å². The Hall–Kier alpha value is -1.13. The Bertz CT molecular complexity index is 671. The summed E-state index contributed by atoms with van der Waals surface area (Å²) in [6.07, 6.45) is 7.38. The fourth-order valence-corrected chi connectivity index (χ4v) is 4.36. The first-order chi connectivity index (χ1) is 14.5. The normalized spacial score (nSPS) is 23.0. The van der Waals surface area contributed by atoms with Gasteiger partial charge in [0.1, 0.15) is 5.82 Å². The molecule has 1 aliphatic carbocycles. The maximum absolute atomic E-state index is 5.82. The summed E-state index contributed by atoms with van der Waals surface area (Å²) in [4.78, 5) is 11.8. The van der Waals surface area contributed by atoms with Crippen LogP contribution in [0.15, 0.2) is 23.3 Å². The van der Waals surface area contributed by atoms with Crippen molar-refractivity contribution in [2.75, 3.05) is 44.8 Å². The Morgan fingerprint density at radius 2 is 2.00 bits per heavy atom. The maximum Gasteiger partial charge on any atom is 0.191 e. The van der Waals surface area contributed by atoms with E-state index in [4.69, 9.17) is 14.5 Å². The highest BCUT2D eigenvalue weighted by Gasteiger charge is 2.36. The smallest absolute Gasteiger partial charge is 0.191 e. The van der Waals surface area contributed by atoms with E-state index < -0.39 is 0 Å². The van der Waals surface area contributed by atoms with E-state index in [-0.39, 0.29) is 36.2 Å². The Morgan fingerprint density at radius 1 is 1.26 bits per heavy atom. The van der Waals surface area contributed by atoms with Crippen molar-refractivity contribution in [2.45, 2.75) is 65.2 Å². The maximum atomic E-state index is 5.82. The average Bonchev–Trinajstić information content (AvgIpc) is 2.70. The van der Waals surface area contributed by atoms with Gasteiger partial charge >= 0.3 is 0 Å². The third-order valence-corrected chi connectivity index (χ3v) is 6.20. The van der Waals surface area contributed by atoms with Crippen LogP contribution in [0.4, 0.5) is 5.82 Å². The van der Waals surface area contributed by atoms with Gasteiger partial charge in [-0.05, 0) is 57.1 Å². The number of morpholine rings is 1. The summed E-state index contributed by atoms with van der Waals surface area (Å²) in [5.74, 6) is 1.89. The molecule has 0 spiro atoms. The number of ether oxygens (including phenoxy) is 2. The Kier molecular flexibility index (Phi) is 10.8. The molecule has 2 aliphatic rings. The van der Waals surface area contributed by atoms with Gasteiger partial charge in [0, 0.05) is 46.1 Å². The van der Waals surface area contributed by atoms with Crippen molar-refractivity contribution in [2.24, 2.45) is 10.4 Å². The van der Waals surface area contributed by atoms with Gasteiger partial charge in [0.05, 0.1) is 18.8 Å². The van der Waals surface area contributed by atoms with Gasteiger partial charge in [0.2, 0.25) is 0 Å².